The lowest BCUT2D eigenvalue weighted by Crippen LogP contribution is -2.09. The number of nitrogens with zero attached hydrogens (tertiary/aromatic N) is 2. The predicted molar refractivity (Wildman–Crippen MR) is 170 cm³/mol. The summed E-state index contributed by atoms with van der Waals surface area (Å²) >= 11 is 0. The van der Waals surface area contributed by atoms with E-state index in [1.54, 1.807) is 0 Å². The lowest BCUT2D eigenvalue weighted by atomic mass is 9.85. The Morgan fingerprint density at radius 2 is 1.67 bits per heavy atom. The number of carbonyl (C=O) groups excluding carboxylic acids is 2. The molecule has 0 saturated carbocycles. The zero-order valence-corrected chi connectivity index (χ0v) is 25.9. The Kier molecular flexibility index (Phi) is 7.21. The van der Waals surface area contributed by atoms with Crippen LogP contribution in [0, 0.1) is 6.92 Å². The Bertz CT molecular complexity index is 1880. The first-order chi connectivity index (χ1) is 20.6. The third-order valence-electron chi connectivity index (χ3n) is 9.60. The van der Waals surface area contributed by atoms with E-state index in [4.69, 9.17) is 14.7 Å². The molecule has 0 saturated heterocycles. The monoisotopic (exact) mass is 578 g/mol. The van der Waals surface area contributed by atoms with Gasteiger partial charge in [0.2, 0.25) is 0 Å². The number of aliphatic hydroxyl groups excluding tert-OH is 1. The number of hydrogen-bond acceptors (Lipinski definition) is 6. The number of allylic oxidation sites excluding steroid dienone is 5. The topological polar surface area (TPSA) is 121 Å². The average Bonchev–Trinajstić information content (AvgIpc) is 3.72. The number of aliphatic hydroxyl groups is 1. The summed E-state index contributed by atoms with van der Waals surface area (Å²) in [5.41, 5.74) is 13.7. The van der Waals surface area contributed by atoms with Gasteiger partial charge in [-0.2, -0.15) is 0 Å². The van der Waals surface area contributed by atoms with Gasteiger partial charge in [0.25, 0.3) is 0 Å². The molecule has 0 radical (unpaired) electrons. The van der Waals surface area contributed by atoms with Crippen molar-refractivity contribution in [3.8, 4) is 0 Å². The fraction of sp³-hybridized carbons (Fsp3) is 0.371. The number of aryl methyl sites for hydroxylation is 1. The van der Waals surface area contributed by atoms with Gasteiger partial charge in [-0.25, -0.2) is 9.97 Å². The number of carbonyl (C=O) groups is 2. The molecule has 3 aliphatic heterocycles. The molecule has 3 N–H and O–H groups in total. The molecule has 1 aliphatic carbocycles. The normalized spacial score (nSPS) is 19.5. The number of ether oxygens (including phenoxy) is 1. The van der Waals surface area contributed by atoms with Crippen molar-refractivity contribution in [2.45, 2.75) is 72.6 Å². The van der Waals surface area contributed by atoms with Gasteiger partial charge in [0.1, 0.15) is 0 Å². The summed E-state index contributed by atoms with van der Waals surface area (Å²) in [7, 11) is 1.41. The average molecular weight is 579 g/mol. The van der Waals surface area contributed by atoms with Crippen LogP contribution in [-0.4, -0.2) is 50.5 Å². The summed E-state index contributed by atoms with van der Waals surface area (Å²) in [4.78, 5) is 43.5. The zero-order valence-electron chi connectivity index (χ0n) is 25.9. The van der Waals surface area contributed by atoms with Gasteiger partial charge in [-0.15, -0.1) is 0 Å². The summed E-state index contributed by atoms with van der Waals surface area (Å²) in [6, 6.07) is 6.05. The van der Waals surface area contributed by atoms with Gasteiger partial charge in [0.05, 0.1) is 47.6 Å². The van der Waals surface area contributed by atoms with Crippen LogP contribution < -0.4 is 0 Å². The molecule has 6 rings (SSSR count). The maximum Gasteiger partial charge on any atom is 0.305 e. The van der Waals surface area contributed by atoms with E-state index >= 15 is 0 Å². The van der Waals surface area contributed by atoms with Crippen LogP contribution in [0.1, 0.15) is 121 Å². The van der Waals surface area contributed by atoms with Crippen molar-refractivity contribution in [3.05, 3.63) is 75.1 Å². The fourth-order valence-corrected chi connectivity index (χ4v) is 7.02. The molecular formula is C35H38N4O4. The van der Waals surface area contributed by atoms with Crippen LogP contribution in [0.5, 0.6) is 0 Å². The van der Waals surface area contributed by atoms with Crippen molar-refractivity contribution in [2.24, 2.45) is 0 Å². The van der Waals surface area contributed by atoms with Gasteiger partial charge in [-0.3, -0.25) is 9.59 Å². The number of aromatic amines is 2. The van der Waals surface area contributed by atoms with Crippen LogP contribution in [0.25, 0.3) is 38.9 Å². The molecule has 0 amide bonds. The van der Waals surface area contributed by atoms with Crippen LogP contribution in [0.3, 0.4) is 0 Å². The molecule has 8 heteroatoms. The largest absolute Gasteiger partial charge is 0.469 e. The smallest absolute Gasteiger partial charge is 0.305 e. The Labute approximate surface area is 251 Å². The Morgan fingerprint density at radius 1 is 1.00 bits per heavy atom. The first-order valence-electron chi connectivity index (χ1n) is 15.0. The van der Waals surface area contributed by atoms with Crippen LogP contribution in [0.15, 0.2) is 24.3 Å². The molecule has 0 spiro atoms. The molecule has 2 aromatic heterocycles. The van der Waals surface area contributed by atoms with Gasteiger partial charge in [0.15, 0.2) is 5.78 Å². The minimum Gasteiger partial charge on any atom is -0.469 e. The van der Waals surface area contributed by atoms with Crippen molar-refractivity contribution in [3.63, 3.8) is 0 Å². The minimum atomic E-state index is -0.265. The SMILES string of the molecule is C/C=C1/C(=O)c2c(C)c3cc4nc(cc5nc(cc6[nH]c(c1c2[nH]3)[C@@H](CCC(=O)OC)[C@@H]6C)C(C)=C5CO)C(C)=C4CC. The van der Waals surface area contributed by atoms with E-state index < -0.39 is 0 Å². The van der Waals surface area contributed by atoms with Gasteiger partial charge >= 0.3 is 5.97 Å². The van der Waals surface area contributed by atoms with Crippen LogP contribution in [0.2, 0.25) is 0 Å². The van der Waals surface area contributed by atoms with Crippen molar-refractivity contribution in [2.75, 3.05) is 13.7 Å². The fourth-order valence-electron chi connectivity index (χ4n) is 7.02. The first kappa shape index (κ1) is 28.8. The number of rotatable bonds is 5. The molecule has 2 atom stereocenters. The summed E-state index contributed by atoms with van der Waals surface area (Å²) in [6.45, 7) is 12.1. The van der Waals surface area contributed by atoms with E-state index in [1.807, 2.05) is 45.0 Å². The lowest BCUT2D eigenvalue weighted by Gasteiger charge is -2.17. The number of fused-ring (bicyclic) bond motifs is 8. The standard InChI is InChI=1S/C35H38N4O4/c1-8-20-16(3)25-13-29-23(15-40)18(5)24(37-29)12-26-17(4)22(10-11-30(41)43-7)33(38-26)32-21(9-2)35(42)31-19(6)27(39-34(31)32)14-28(20)36-25/h9,12-14,17,22,38-40H,8,10-11,15H2,1-7H3/b21-9+,26-12?,28-14?,29-13?,33-32?/t17-,22-/m0/s1. The predicted octanol–water partition coefficient (Wildman–Crippen LogP) is 7.05. The number of nitrogens with one attached hydrogen (secondary N) is 2. The van der Waals surface area contributed by atoms with E-state index in [2.05, 4.69) is 30.7 Å². The van der Waals surface area contributed by atoms with Crippen molar-refractivity contribution >= 4 is 50.7 Å². The second kappa shape index (κ2) is 10.8. The minimum absolute atomic E-state index is 0.00437. The summed E-state index contributed by atoms with van der Waals surface area (Å²) in [5.74, 6) is -0.321. The van der Waals surface area contributed by atoms with Crippen molar-refractivity contribution in [1.29, 1.82) is 0 Å². The van der Waals surface area contributed by atoms with Crippen molar-refractivity contribution < 1.29 is 19.4 Å². The molecule has 2 aromatic rings. The molecule has 222 valence electrons. The molecule has 0 aromatic carbocycles. The van der Waals surface area contributed by atoms with Gasteiger partial charge in [-0.1, -0.05) is 19.9 Å². The highest BCUT2D eigenvalue weighted by atomic mass is 16.5. The molecule has 8 bridgehead atoms. The maximum absolute atomic E-state index is 13.9. The molecule has 0 unspecified atom stereocenters. The Balaban J connectivity index is 1.77. The quantitative estimate of drug-likeness (QED) is 0.258. The molecular weight excluding hydrogens is 540 g/mol. The number of ketones is 1. The van der Waals surface area contributed by atoms with Crippen LogP contribution in [0.4, 0.5) is 0 Å². The summed E-state index contributed by atoms with van der Waals surface area (Å²) < 4.78 is 4.98. The van der Waals surface area contributed by atoms with Gasteiger partial charge in [-0.05, 0) is 81.0 Å². The van der Waals surface area contributed by atoms with E-state index in [0.717, 1.165) is 79.3 Å². The van der Waals surface area contributed by atoms with E-state index in [9.17, 15) is 14.7 Å². The highest BCUT2D eigenvalue weighted by Gasteiger charge is 2.37. The number of hydrogen-bond donors (Lipinski definition) is 3. The van der Waals surface area contributed by atoms with Crippen LogP contribution in [-0.2, 0) is 9.53 Å². The lowest BCUT2D eigenvalue weighted by molar-refractivity contribution is -0.140. The second-order valence-corrected chi connectivity index (χ2v) is 11.7. The Morgan fingerprint density at radius 3 is 2.33 bits per heavy atom. The number of esters is 1. The highest BCUT2D eigenvalue weighted by Crippen LogP contribution is 2.47. The van der Waals surface area contributed by atoms with E-state index in [1.165, 1.54) is 7.11 Å². The van der Waals surface area contributed by atoms with E-state index in [0.29, 0.717) is 23.3 Å². The third-order valence-corrected chi connectivity index (χ3v) is 9.60. The molecule has 5 heterocycles. The van der Waals surface area contributed by atoms with Crippen LogP contribution >= 0.6 is 0 Å². The Hall–Kier alpha value is -4.30. The summed E-state index contributed by atoms with van der Waals surface area (Å²) in [5, 5.41) is 10.4. The second-order valence-electron chi connectivity index (χ2n) is 11.7. The van der Waals surface area contributed by atoms with Gasteiger partial charge < -0.3 is 19.8 Å². The highest BCUT2D eigenvalue weighted by molar-refractivity contribution is 6.38. The summed E-state index contributed by atoms with van der Waals surface area (Å²) in [6.07, 6.45) is 3.50. The maximum atomic E-state index is 13.9. The first-order valence-corrected chi connectivity index (χ1v) is 15.0. The zero-order chi connectivity index (χ0) is 30.7. The van der Waals surface area contributed by atoms with Crippen molar-refractivity contribution in [1.82, 2.24) is 19.9 Å². The number of aromatic nitrogens is 4. The van der Waals surface area contributed by atoms with Gasteiger partial charge in [0, 0.05) is 51.9 Å². The molecule has 8 nitrogen and oxygen atoms in total. The molecule has 43 heavy (non-hydrogen) atoms. The number of H-pyrrole nitrogens is 2. The molecule has 0 fully saturated rings. The molecule has 4 aliphatic rings. The number of Topliss-reactive ketones (excluding diaryl/α,β-unsaturated/α-hetero) is 1. The third kappa shape index (κ3) is 4.38. The number of methoxy groups -OCH3 is 1. The van der Waals surface area contributed by atoms with E-state index in [-0.39, 0.29) is 36.6 Å².